The molecular weight excluding hydrogens is 511 g/mol. The monoisotopic (exact) mass is 540 g/mol. The molecular formula is C26H29F5N4O3. The number of alkyl halides is 3. The Labute approximate surface area is 217 Å². The first-order valence-corrected chi connectivity index (χ1v) is 12.2. The molecule has 0 aliphatic carbocycles. The molecule has 2 aromatic rings. The number of carbonyl (C=O) groups excluding carboxylic acids is 3. The van der Waals surface area contributed by atoms with Crippen LogP contribution in [0.5, 0.6) is 0 Å². The highest BCUT2D eigenvalue weighted by Crippen LogP contribution is 2.34. The van der Waals surface area contributed by atoms with Crippen LogP contribution < -0.4 is 5.32 Å². The van der Waals surface area contributed by atoms with Gasteiger partial charge in [-0.05, 0) is 44.5 Å². The van der Waals surface area contributed by atoms with E-state index in [0.29, 0.717) is 13.0 Å². The molecule has 0 radical (unpaired) electrons. The standard InChI is InChI=1S/C26H29F5N4O3/c1-3-34(4-2)24(37)22-18(27)10-11-19(28)23(22)25(38)35-13-7-12-33(14-15-35)16-21(36)32-20-9-6-5-8-17(20)26(29,30)31/h5-6,8-11H,3-4,7,12-16H2,1-2H3,(H,32,36). The highest BCUT2D eigenvalue weighted by atomic mass is 19.4. The van der Waals surface area contributed by atoms with Crippen molar-refractivity contribution in [2.45, 2.75) is 26.4 Å². The predicted molar refractivity (Wildman–Crippen MR) is 131 cm³/mol. The van der Waals surface area contributed by atoms with Crippen LogP contribution in [0.25, 0.3) is 0 Å². The molecule has 38 heavy (non-hydrogen) atoms. The van der Waals surface area contributed by atoms with Crippen molar-refractivity contribution in [3.05, 3.63) is 64.7 Å². The summed E-state index contributed by atoms with van der Waals surface area (Å²) in [4.78, 5) is 42.9. The first kappa shape index (κ1) is 29.0. The Balaban J connectivity index is 1.72. The summed E-state index contributed by atoms with van der Waals surface area (Å²) in [6, 6.07) is 6.24. The molecule has 3 rings (SSSR count). The fraction of sp³-hybridized carbons (Fsp3) is 0.423. The highest BCUT2D eigenvalue weighted by Gasteiger charge is 2.34. The average Bonchev–Trinajstić information content (AvgIpc) is 3.10. The third-order valence-corrected chi connectivity index (χ3v) is 6.33. The molecule has 1 aliphatic heterocycles. The molecule has 0 unspecified atom stereocenters. The van der Waals surface area contributed by atoms with Gasteiger partial charge in [-0.25, -0.2) is 8.78 Å². The van der Waals surface area contributed by atoms with Crippen molar-refractivity contribution in [1.29, 1.82) is 0 Å². The van der Waals surface area contributed by atoms with Crippen molar-refractivity contribution in [3.63, 3.8) is 0 Å². The van der Waals surface area contributed by atoms with E-state index in [9.17, 15) is 36.3 Å². The topological polar surface area (TPSA) is 73.0 Å². The summed E-state index contributed by atoms with van der Waals surface area (Å²) < 4.78 is 69.2. The van der Waals surface area contributed by atoms with Gasteiger partial charge in [-0.2, -0.15) is 13.2 Å². The molecule has 7 nitrogen and oxygen atoms in total. The Morgan fingerprint density at radius 3 is 2.16 bits per heavy atom. The van der Waals surface area contributed by atoms with Crippen molar-refractivity contribution in [3.8, 4) is 0 Å². The number of nitrogens with zero attached hydrogens (tertiary/aromatic N) is 3. The molecule has 0 atom stereocenters. The Bertz CT molecular complexity index is 1180. The van der Waals surface area contributed by atoms with E-state index in [1.54, 1.807) is 18.7 Å². The molecule has 1 N–H and O–H groups in total. The van der Waals surface area contributed by atoms with E-state index in [-0.39, 0.29) is 45.0 Å². The van der Waals surface area contributed by atoms with E-state index in [0.717, 1.165) is 24.3 Å². The first-order chi connectivity index (χ1) is 18.0. The second-order valence-electron chi connectivity index (χ2n) is 8.77. The Hall–Kier alpha value is -3.54. The van der Waals surface area contributed by atoms with E-state index >= 15 is 0 Å². The Morgan fingerprint density at radius 2 is 1.53 bits per heavy atom. The number of nitrogens with one attached hydrogen (secondary N) is 1. The Kier molecular flexibility index (Phi) is 9.42. The van der Waals surface area contributed by atoms with Crippen molar-refractivity contribution in [1.82, 2.24) is 14.7 Å². The lowest BCUT2D eigenvalue weighted by Crippen LogP contribution is -2.39. The Morgan fingerprint density at radius 1 is 0.895 bits per heavy atom. The third kappa shape index (κ3) is 6.66. The van der Waals surface area contributed by atoms with Crippen LogP contribution in [-0.4, -0.2) is 78.2 Å². The van der Waals surface area contributed by atoms with Gasteiger partial charge in [-0.1, -0.05) is 12.1 Å². The van der Waals surface area contributed by atoms with E-state index in [1.807, 2.05) is 0 Å². The van der Waals surface area contributed by atoms with Gasteiger partial charge >= 0.3 is 6.18 Å². The summed E-state index contributed by atoms with van der Waals surface area (Å²) in [6.45, 7) is 4.32. The van der Waals surface area contributed by atoms with Crippen LogP contribution in [0.3, 0.4) is 0 Å². The number of halogens is 5. The minimum atomic E-state index is -4.63. The van der Waals surface area contributed by atoms with Crippen LogP contribution in [0.2, 0.25) is 0 Å². The summed E-state index contributed by atoms with van der Waals surface area (Å²) in [5, 5.41) is 2.29. The third-order valence-electron chi connectivity index (χ3n) is 6.33. The van der Waals surface area contributed by atoms with Gasteiger partial charge in [0.05, 0.1) is 28.9 Å². The molecule has 1 aliphatic rings. The number of benzene rings is 2. The smallest absolute Gasteiger partial charge is 0.339 e. The van der Waals surface area contributed by atoms with Gasteiger partial charge < -0.3 is 15.1 Å². The van der Waals surface area contributed by atoms with Crippen LogP contribution in [0, 0.1) is 11.6 Å². The molecule has 3 amide bonds. The molecule has 1 fully saturated rings. The van der Waals surface area contributed by atoms with Gasteiger partial charge in [-0.15, -0.1) is 0 Å². The maximum atomic E-state index is 14.8. The van der Waals surface area contributed by atoms with Crippen molar-refractivity contribution in [2.24, 2.45) is 0 Å². The van der Waals surface area contributed by atoms with Crippen LogP contribution in [-0.2, 0) is 11.0 Å². The molecule has 1 saturated heterocycles. The number of amides is 3. The van der Waals surface area contributed by atoms with E-state index in [1.165, 1.54) is 21.9 Å². The maximum absolute atomic E-state index is 14.8. The number of hydrogen-bond donors (Lipinski definition) is 1. The fourth-order valence-corrected chi connectivity index (χ4v) is 4.36. The fourth-order valence-electron chi connectivity index (χ4n) is 4.36. The summed E-state index contributed by atoms with van der Waals surface area (Å²) >= 11 is 0. The molecule has 206 valence electrons. The molecule has 1 heterocycles. The zero-order chi connectivity index (χ0) is 28.0. The average molecular weight is 541 g/mol. The van der Waals surface area contributed by atoms with E-state index in [2.05, 4.69) is 5.32 Å². The molecule has 0 saturated carbocycles. The van der Waals surface area contributed by atoms with Crippen LogP contribution in [0.4, 0.5) is 27.6 Å². The van der Waals surface area contributed by atoms with Gasteiger partial charge in [-0.3, -0.25) is 19.3 Å². The lowest BCUT2D eigenvalue weighted by Gasteiger charge is -2.25. The molecule has 2 aromatic carbocycles. The minimum Gasteiger partial charge on any atom is -0.339 e. The highest BCUT2D eigenvalue weighted by molar-refractivity contribution is 6.07. The van der Waals surface area contributed by atoms with Crippen LogP contribution in [0.15, 0.2) is 36.4 Å². The van der Waals surface area contributed by atoms with Crippen molar-refractivity contribution >= 4 is 23.4 Å². The lowest BCUT2D eigenvalue weighted by atomic mass is 10.0. The molecule has 12 heteroatoms. The van der Waals surface area contributed by atoms with Crippen LogP contribution in [0.1, 0.15) is 46.5 Å². The van der Waals surface area contributed by atoms with Gasteiger partial charge in [0.25, 0.3) is 11.8 Å². The quantitative estimate of drug-likeness (QED) is 0.533. The number of rotatable bonds is 7. The largest absolute Gasteiger partial charge is 0.418 e. The SMILES string of the molecule is CCN(CC)C(=O)c1c(F)ccc(F)c1C(=O)N1CCCN(CC(=O)Nc2ccccc2C(F)(F)F)CC1. The lowest BCUT2D eigenvalue weighted by molar-refractivity contribution is -0.137. The van der Waals surface area contributed by atoms with Crippen LogP contribution >= 0.6 is 0 Å². The number of hydrogen-bond acceptors (Lipinski definition) is 4. The van der Waals surface area contributed by atoms with Gasteiger partial charge in [0.15, 0.2) is 0 Å². The number of para-hydroxylation sites is 1. The zero-order valence-electron chi connectivity index (χ0n) is 21.1. The van der Waals surface area contributed by atoms with E-state index < -0.39 is 52.2 Å². The molecule has 0 spiro atoms. The normalized spacial score (nSPS) is 14.7. The van der Waals surface area contributed by atoms with Gasteiger partial charge in [0, 0.05) is 39.3 Å². The summed E-state index contributed by atoms with van der Waals surface area (Å²) in [5.41, 5.74) is -2.59. The number of carbonyl (C=O) groups is 3. The minimum absolute atomic E-state index is 0.0418. The van der Waals surface area contributed by atoms with E-state index in [4.69, 9.17) is 0 Å². The van der Waals surface area contributed by atoms with Gasteiger partial charge in [0.1, 0.15) is 11.6 Å². The predicted octanol–water partition coefficient (Wildman–Crippen LogP) is 4.25. The summed E-state index contributed by atoms with van der Waals surface area (Å²) in [6.07, 6.45) is -4.26. The second kappa shape index (κ2) is 12.3. The zero-order valence-corrected chi connectivity index (χ0v) is 21.1. The summed E-state index contributed by atoms with van der Waals surface area (Å²) in [7, 11) is 0. The maximum Gasteiger partial charge on any atom is 0.418 e. The van der Waals surface area contributed by atoms with Crippen molar-refractivity contribution in [2.75, 3.05) is 51.1 Å². The summed E-state index contributed by atoms with van der Waals surface area (Å²) in [5.74, 6) is -4.31. The number of anilines is 1. The first-order valence-electron chi connectivity index (χ1n) is 12.2. The molecule has 0 aromatic heterocycles. The molecule has 0 bridgehead atoms. The van der Waals surface area contributed by atoms with Gasteiger partial charge in [0.2, 0.25) is 5.91 Å². The van der Waals surface area contributed by atoms with Crippen molar-refractivity contribution < 1.29 is 36.3 Å². The second-order valence-corrected chi connectivity index (χ2v) is 8.77.